The van der Waals surface area contributed by atoms with E-state index in [0.717, 1.165) is 18.9 Å². The van der Waals surface area contributed by atoms with E-state index in [9.17, 15) is 8.78 Å². The Morgan fingerprint density at radius 3 is 2.55 bits per heavy atom. The van der Waals surface area contributed by atoms with E-state index in [2.05, 4.69) is 36.5 Å². The summed E-state index contributed by atoms with van der Waals surface area (Å²) in [5, 5.41) is 3.19. The lowest BCUT2D eigenvalue weighted by molar-refractivity contribution is 0.509. The molecule has 0 heterocycles. The minimum atomic E-state index is -0.819. The van der Waals surface area contributed by atoms with Crippen LogP contribution in [0.2, 0.25) is 0 Å². The fraction of sp³-hybridized carbons (Fsp3) is 0.294. The molecule has 0 aromatic heterocycles. The van der Waals surface area contributed by atoms with Crippen LogP contribution in [0.15, 0.2) is 42.5 Å². The van der Waals surface area contributed by atoms with Crippen LogP contribution in [0.5, 0.6) is 0 Å². The smallest absolute Gasteiger partial charge is 0.160 e. The normalized spacial score (nSPS) is 12.2. The number of aryl methyl sites for hydroxylation is 2. The van der Waals surface area contributed by atoms with Crippen molar-refractivity contribution in [3.63, 3.8) is 0 Å². The van der Waals surface area contributed by atoms with Gasteiger partial charge in [0.1, 0.15) is 0 Å². The molecule has 2 aromatic carbocycles. The maximum absolute atomic E-state index is 13.1. The molecule has 2 rings (SSSR count). The summed E-state index contributed by atoms with van der Waals surface area (Å²) in [6, 6.07) is 12.5. The topological polar surface area (TPSA) is 12.0 Å². The van der Waals surface area contributed by atoms with Gasteiger partial charge in [-0.2, -0.15) is 0 Å². The van der Waals surface area contributed by atoms with Crippen LogP contribution in [0.4, 0.5) is 14.5 Å². The Labute approximate surface area is 118 Å². The molecule has 3 heteroatoms. The van der Waals surface area contributed by atoms with Crippen LogP contribution < -0.4 is 5.32 Å². The van der Waals surface area contributed by atoms with Gasteiger partial charge in [-0.1, -0.05) is 29.8 Å². The Morgan fingerprint density at radius 1 is 1.05 bits per heavy atom. The van der Waals surface area contributed by atoms with E-state index in [1.807, 2.05) is 6.92 Å². The van der Waals surface area contributed by atoms with Crippen LogP contribution in [-0.2, 0) is 6.42 Å². The van der Waals surface area contributed by atoms with Crippen LogP contribution in [0.3, 0.4) is 0 Å². The summed E-state index contributed by atoms with van der Waals surface area (Å²) in [5.41, 5.74) is 3.16. The van der Waals surface area contributed by atoms with E-state index in [1.165, 1.54) is 17.2 Å². The van der Waals surface area contributed by atoms with Gasteiger partial charge in [0.2, 0.25) is 0 Å². The number of anilines is 1. The molecular weight excluding hydrogens is 256 g/mol. The Bertz CT molecular complexity index is 581. The zero-order valence-corrected chi connectivity index (χ0v) is 11.8. The number of benzene rings is 2. The minimum absolute atomic E-state index is 0.195. The summed E-state index contributed by atoms with van der Waals surface area (Å²) < 4.78 is 26.0. The minimum Gasteiger partial charge on any atom is -0.382 e. The van der Waals surface area contributed by atoms with Gasteiger partial charge in [0.15, 0.2) is 11.6 Å². The van der Waals surface area contributed by atoms with Crippen molar-refractivity contribution in [1.29, 1.82) is 0 Å². The van der Waals surface area contributed by atoms with Crippen LogP contribution in [0.25, 0.3) is 0 Å². The van der Waals surface area contributed by atoms with Gasteiger partial charge in [-0.15, -0.1) is 0 Å². The number of halogens is 2. The summed E-state index contributed by atoms with van der Waals surface area (Å²) in [7, 11) is 0. The van der Waals surface area contributed by atoms with Gasteiger partial charge < -0.3 is 5.32 Å². The number of nitrogens with one attached hydrogen (secondary N) is 1. The Kier molecular flexibility index (Phi) is 4.72. The molecule has 0 saturated carbocycles. The van der Waals surface area contributed by atoms with Gasteiger partial charge in [0.05, 0.1) is 0 Å². The van der Waals surface area contributed by atoms with Gasteiger partial charge in [0, 0.05) is 17.8 Å². The van der Waals surface area contributed by atoms with Gasteiger partial charge >= 0.3 is 0 Å². The van der Waals surface area contributed by atoms with E-state index >= 15 is 0 Å². The molecule has 0 aliphatic rings. The highest BCUT2D eigenvalue weighted by Gasteiger charge is 2.06. The van der Waals surface area contributed by atoms with Crippen molar-refractivity contribution in [3.05, 3.63) is 65.2 Å². The molecule has 0 saturated heterocycles. The lowest BCUT2D eigenvalue weighted by Crippen LogP contribution is -2.16. The van der Waals surface area contributed by atoms with E-state index in [0.29, 0.717) is 5.69 Å². The summed E-state index contributed by atoms with van der Waals surface area (Å²) in [6.07, 6.45) is 1.89. The molecule has 1 atom stereocenters. The number of rotatable bonds is 5. The standard InChI is InChI=1S/C17H19F2N/c1-12-4-3-5-14(10-12)7-6-13(2)20-15-8-9-16(18)17(19)11-15/h3-5,8-11,13,20H,6-7H2,1-2H3. The molecule has 2 aromatic rings. The second kappa shape index (κ2) is 6.51. The molecule has 0 fully saturated rings. The van der Waals surface area contributed by atoms with Crippen molar-refractivity contribution in [2.45, 2.75) is 32.7 Å². The summed E-state index contributed by atoms with van der Waals surface area (Å²) in [4.78, 5) is 0. The van der Waals surface area contributed by atoms with Gasteiger partial charge in [-0.25, -0.2) is 8.78 Å². The fourth-order valence-electron chi connectivity index (χ4n) is 2.19. The molecule has 106 valence electrons. The first kappa shape index (κ1) is 14.5. The molecule has 0 amide bonds. The molecule has 1 nitrogen and oxygen atoms in total. The number of hydrogen-bond donors (Lipinski definition) is 1. The molecule has 0 bridgehead atoms. The first-order valence-corrected chi connectivity index (χ1v) is 6.82. The van der Waals surface area contributed by atoms with Crippen molar-refractivity contribution in [2.24, 2.45) is 0 Å². The van der Waals surface area contributed by atoms with Gasteiger partial charge in [-0.3, -0.25) is 0 Å². The van der Waals surface area contributed by atoms with E-state index in [1.54, 1.807) is 6.07 Å². The Morgan fingerprint density at radius 2 is 1.85 bits per heavy atom. The van der Waals surface area contributed by atoms with Crippen molar-refractivity contribution in [2.75, 3.05) is 5.32 Å². The van der Waals surface area contributed by atoms with Crippen LogP contribution in [-0.4, -0.2) is 6.04 Å². The largest absolute Gasteiger partial charge is 0.382 e. The van der Waals surface area contributed by atoms with E-state index < -0.39 is 11.6 Å². The van der Waals surface area contributed by atoms with Crippen LogP contribution >= 0.6 is 0 Å². The van der Waals surface area contributed by atoms with Gasteiger partial charge in [-0.05, 0) is 44.4 Å². The molecule has 0 radical (unpaired) electrons. The molecule has 0 spiro atoms. The van der Waals surface area contributed by atoms with Crippen LogP contribution in [0, 0.1) is 18.6 Å². The average Bonchev–Trinajstić information content (AvgIpc) is 2.41. The summed E-state index contributed by atoms with van der Waals surface area (Å²) in [6.45, 7) is 4.11. The third-order valence-corrected chi connectivity index (χ3v) is 3.28. The molecule has 1 unspecified atom stereocenters. The maximum atomic E-state index is 13.1. The van der Waals surface area contributed by atoms with E-state index in [4.69, 9.17) is 0 Å². The van der Waals surface area contributed by atoms with Crippen molar-refractivity contribution >= 4 is 5.69 Å². The lowest BCUT2D eigenvalue weighted by Gasteiger charge is -2.15. The average molecular weight is 275 g/mol. The third kappa shape index (κ3) is 4.05. The second-order valence-electron chi connectivity index (χ2n) is 5.20. The summed E-state index contributed by atoms with van der Waals surface area (Å²) >= 11 is 0. The Hall–Kier alpha value is -1.90. The number of hydrogen-bond acceptors (Lipinski definition) is 1. The summed E-state index contributed by atoms with van der Waals surface area (Å²) in [5.74, 6) is -1.64. The predicted octanol–water partition coefficient (Wildman–Crippen LogP) is 4.71. The molecular formula is C17H19F2N. The highest BCUT2D eigenvalue weighted by Crippen LogP contribution is 2.16. The first-order valence-electron chi connectivity index (χ1n) is 6.82. The lowest BCUT2D eigenvalue weighted by atomic mass is 10.0. The fourth-order valence-corrected chi connectivity index (χ4v) is 2.19. The first-order chi connectivity index (χ1) is 9.54. The molecule has 1 N–H and O–H groups in total. The van der Waals surface area contributed by atoms with Crippen molar-refractivity contribution in [1.82, 2.24) is 0 Å². The van der Waals surface area contributed by atoms with Crippen molar-refractivity contribution < 1.29 is 8.78 Å². The van der Waals surface area contributed by atoms with Crippen molar-refractivity contribution in [3.8, 4) is 0 Å². The zero-order valence-electron chi connectivity index (χ0n) is 11.8. The maximum Gasteiger partial charge on any atom is 0.160 e. The quantitative estimate of drug-likeness (QED) is 0.833. The monoisotopic (exact) mass is 275 g/mol. The predicted molar refractivity (Wildman–Crippen MR) is 78.9 cm³/mol. The van der Waals surface area contributed by atoms with Crippen LogP contribution in [0.1, 0.15) is 24.5 Å². The van der Waals surface area contributed by atoms with Gasteiger partial charge in [0.25, 0.3) is 0 Å². The third-order valence-electron chi connectivity index (χ3n) is 3.28. The van der Waals surface area contributed by atoms with E-state index in [-0.39, 0.29) is 6.04 Å². The second-order valence-corrected chi connectivity index (χ2v) is 5.20. The Balaban J connectivity index is 1.89. The highest BCUT2D eigenvalue weighted by atomic mass is 19.2. The molecule has 20 heavy (non-hydrogen) atoms. The highest BCUT2D eigenvalue weighted by molar-refractivity contribution is 5.44. The SMILES string of the molecule is Cc1cccc(CCC(C)Nc2ccc(F)c(F)c2)c1. The zero-order chi connectivity index (χ0) is 14.5. The molecule has 0 aliphatic carbocycles. The molecule has 0 aliphatic heterocycles.